The minimum absolute atomic E-state index is 0.0730. The average Bonchev–Trinajstić information content (AvgIpc) is 3.25. The predicted molar refractivity (Wildman–Crippen MR) is 263 cm³/mol. The lowest BCUT2D eigenvalue weighted by Crippen LogP contribution is -2.45. The van der Waals surface area contributed by atoms with Crippen LogP contribution in [0.15, 0.2) is 36.5 Å². The van der Waals surface area contributed by atoms with Crippen LogP contribution in [0.1, 0.15) is 258 Å². The Morgan fingerprint density at radius 3 is 1.26 bits per heavy atom. The highest BCUT2D eigenvalue weighted by atomic mass is 31.2. The van der Waals surface area contributed by atoms with Gasteiger partial charge in [-0.2, -0.15) is 0 Å². The molecule has 0 rings (SSSR count). The molecule has 0 aromatic heterocycles. The highest BCUT2D eigenvalue weighted by molar-refractivity contribution is 7.47. The van der Waals surface area contributed by atoms with Gasteiger partial charge < -0.3 is 21.1 Å². The van der Waals surface area contributed by atoms with Gasteiger partial charge in [-0.1, -0.05) is 243 Å². The molecule has 360 valence electrons. The molecule has 0 radical (unpaired) electrons. The van der Waals surface area contributed by atoms with Crippen molar-refractivity contribution in [2.24, 2.45) is 5.73 Å². The Bertz CT molecular complexity index is 1050. The third kappa shape index (κ3) is 46.5. The zero-order chi connectivity index (χ0) is 44.6. The lowest BCUT2D eigenvalue weighted by Gasteiger charge is -2.23. The summed E-state index contributed by atoms with van der Waals surface area (Å²) < 4.78 is 22.2. The van der Waals surface area contributed by atoms with E-state index in [0.29, 0.717) is 6.42 Å². The highest BCUT2D eigenvalue weighted by Gasteiger charge is 2.26. The average molecular weight is 881 g/mol. The van der Waals surface area contributed by atoms with Crippen LogP contribution in [0.3, 0.4) is 0 Å². The fourth-order valence-electron chi connectivity index (χ4n) is 7.75. The molecule has 0 heterocycles. The number of hydrogen-bond donors (Lipinski definition) is 4. The van der Waals surface area contributed by atoms with Crippen LogP contribution in [-0.2, 0) is 18.4 Å². The number of allylic oxidation sites excluding steroid dienone is 5. The van der Waals surface area contributed by atoms with Crippen LogP contribution in [0.4, 0.5) is 0 Å². The fourth-order valence-corrected chi connectivity index (χ4v) is 8.51. The van der Waals surface area contributed by atoms with Crippen molar-refractivity contribution in [2.75, 3.05) is 19.8 Å². The zero-order valence-corrected chi connectivity index (χ0v) is 41.1. The first-order valence-electron chi connectivity index (χ1n) is 26.1. The molecule has 0 saturated carbocycles. The summed E-state index contributed by atoms with van der Waals surface area (Å²) >= 11 is 0. The molecule has 0 bridgehead atoms. The van der Waals surface area contributed by atoms with Gasteiger partial charge in [0.25, 0.3) is 0 Å². The van der Waals surface area contributed by atoms with Gasteiger partial charge in [0, 0.05) is 13.0 Å². The van der Waals surface area contributed by atoms with Crippen molar-refractivity contribution < 1.29 is 28.4 Å². The van der Waals surface area contributed by atoms with Crippen LogP contribution in [0.5, 0.6) is 0 Å². The number of amides is 1. The summed E-state index contributed by atoms with van der Waals surface area (Å²) in [4.78, 5) is 22.8. The molecular weight excluding hydrogens is 780 g/mol. The Labute approximate surface area is 378 Å². The van der Waals surface area contributed by atoms with E-state index in [0.717, 1.165) is 44.9 Å². The number of rotatable bonds is 49. The molecule has 0 fully saturated rings. The van der Waals surface area contributed by atoms with E-state index < -0.39 is 20.0 Å². The number of nitrogens with one attached hydrogen (secondary N) is 1. The third-order valence-electron chi connectivity index (χ3n) is 11.7. The van der Waals surface area contributed by atoms with Gasteiger partial charge in [-0.25, -0.2) is 4.57 Å². The molecule has 0 aliphatic rings. The van der Waals surface area contributed by atoms with E-state index in [4.69, 9.17) is 14.8 Å². The molecule has 0 saturated heterocycles. The molecule has 3 unspecified atom stereocenters. The number of aliphatic hydroxyl groups is 1. The third-order valence-corrected chi connectivity index (χ3v) is 12.7. The van der Waals surface area contributed by atoms with E-state index >= 15 is 0 Å². The first-order chi connectivity index (χ1) is 29.9. The number of unbranched alkanes of at least 4 members (excludes halogenated alkanes) is 33. The lowest BCUT2D eigenvalue weighted by molar-refractivity contribution is -0.123. The second-order valence-electron chi connectivity index (χ2n) is 17.7. The number of aliphatic hydroxyl groups excluding tert-OH is 1. The van der Waals surface area contributed by atoms with Crippen LogP contribution < -0.4 is 11.1 Å². The first kappa shape index (κ1) is 59.7. The van der Waals surface area contributed by atoms with Gasteiger partial charge in [0.1, 0.15) is 0 Å². The van der Waals surface area contributed by atoms with Crippen LogP contribution >= 0.6 is 7.82 Å². The molecule has 0 spiro atoms. The zero-order valence-electron chi connectivity index (χ0n) is 40.2. The molecule has 0 aliphatic heterocycles. The van der Waals surface area contributed by atoms with Crippen molar-refractivity contribution in [2.45, 2.75) is 270 Å². The maximum Gasteiger partial charge on any atom is 0.472 e. The topological polar surface area (TPSA) is 131 Å². The largest absolute Gasteiger partial charge is 0.472 e. The van der Waals surface area contributed by atoms with Crippen LogP contribution in [0.25, 0.3) is 0 Å². The quantitative estimate of drug-likeness (QED) is 0.0272. The van der Waals surface area contributed by atoms with Gasteiger partial charge in [-0.15, -0.1) is 0 Å². The van der Waals surface area contributed by atoms with E-state index in [2.05, 4.69) is 43.5 Å². The number of phosphoric acid groups is 1. The first-order valence-corrected chi connectivity index (χ1v) is 27.6. The fraction of sp³-hybridized carbons (Fsp3) is 0.865. The summed E-state index contributed by atoms with van der Waals surface area (Å²) in [6, 6.07) is -0.881. The van der Waals surface area contributed by atoms with E-state index in [1.807, 2.05) is 6.08 Å². The molecule has 1 amide bonds. The van der Waals surface area contributed by atoms with E-state index in [9.17, 15) is 19.4 Å². The number of hydrogen-bond acceptors (Lipinski definition) is 6. The maximum absolute atomic E-state index is 12.8. The smallest absolute Gasteiger partial charge is 0.387 e. The van der Waals surface area contributed by atoms with E-state index in [-0.39, 0.29) is 25.7 Å². The molecule has 0 aliphatic carbocycles. The lowest BCUT2D eigenvalue weighted by atomic mass is 10.0. The van der Waals surface area contributed by atoms with Gasteiger partial charge in [0.15, 0.2) is 0 Å². The van der Waals surface area contributed by atoms with Gasteiger partial charge in [0.05, 0.1) is 25.4 Å². The number of carbonyl (C=O) groups is 1. The maximum atomic E-state index is 12.8. The second-order valence-corrected chi connectivity index (χ2v) is 19.2. The molecule has 0 aromatic carbocycles. The minimum Gasteiger partial charge on any atom is -0.387 e. The molecule has 0 aromatic rings. The van der Waals surface area contributed by atoms with Crippen LogP contribution in [0, 0.1) is 0 Å². The van der Waals surface area contributed by atoms with Gasteiger partial charge >= 0.3 is 7.82 Å². The molecule has 61 heavy (non-hydrogen) atoms. The molecule has 9 heteroatoms. The number of phosphoric ester groups is 1. The van der Waals surface area contributed by atoms with Crippen molar-refractivity contribution in [3.05, 3.63) is 36.5 Å². The normalized spacial score (nSPS) is 14.1. The Balaban J connectivity index is 4.11. The Kier molecular flexibility index (Phi) is 47.2. The molecule has 8 nitrogen and oxygen atoms in total. The van der Waals surface area contributed by atoms with Crippen LogP contribution in [-0.4, -0.2) is 47.8 Å². The SMILES string of the molecule is CCCCCCCCCCC/C=C/CC/C=C/CC/C=C/C(O)C(COP(=O)(O)OCCN)NC(=O)CCCCCCCCCCCCCCCCCCCCCCCCC. The minimum atomic E-state index is -4.35. The molecule has 5 N–H and O–H groups in total. The Hall–Kier alpha value is -1.28. The summed E-state index contributed by atoms with van der Waals surface area (Å²) in [5, 5.41) is 13.7. The summed E-state index contributed by atoms with van der Waals surface area (Å²) in [5.41, 5.74) is 5.39. The Morgan fingerprint density at radius 1 is 0.525 bits per heavy atom. The summed E-state index contributed by atoms with van der Waals surface area (Å²) in [7, 11) is -4.35. The van der Waals surface area contributed by atoms with Crippen LogP contribution in [0.2, 0.25) is 0 Å². The summed E-state index contributed by atoms with van der Waals surface area (Å²) in [6.45, 7) is 4.14. The van der Waals surface area contributed by atoms with Gasteiger partial charge in [0.2, 0.25) is 5.91 Å². The van der Waals surface area contributed by atoms with Gasteiger partial charge in [-0.3, -0.25) is 13.8 Å². The summed E-state index contributed by atoms with van der Waals surface area (Å²) in [5.74, 6) is -0.203. The number of carbonyl (C=O) groups excluding carboxylic acids is 1. The van der Waals surface area contributed by atoms with Crippen molar-refractivity contribution in [1.29, 1.82) is 0 Å². The predicted octanol–water partition coefficient (Wildman–Crippen LogP) is 15.5. The number of nitrogens with two attached hydrogens (primary N) is 1. The highest BCUT2D eigenvalue weighted by Crippen LogP contribution is 2.43. The standard InChI is InChI=1S/C52H101N2O6P/c1-3-5-7-9-11-13-15-17-19-21-23-24-25-26-28-30-32-34-36-38-40-42-44-46-52(56)54-50(49-60-61(57,58)59-48-47-53)51(55)45-43-41-39-37-35-33-31-29-27-22-20-18-16-14-12-10-8-6-4-2/h27,29,35,37,43,45,50-51,55H,3-26,28,30-34,36,38-42,44,46-49,53H2,1-2H3,(H,54,56)(H,57,58)/b29-27+,37-35+,45-43+. The van der Waals surface area contributed by atoms with Crippen molar-refractivity contribution in [1.82, 2.24) is 5.32 Å². The molecular formula is C52H101N2O6P. The second kappa shape index (κ2) is 48.2. The molecule has 3 atom stereocenters. The van der Waals surface area contributed by atoms with E-state index in [1.54, 1.807) is 6.08 Å². The Morgan fingerprint density at radius 2 is 0.869 bits per heavy atom. The summed E-state index contributed by atoms with van der Waals surface area (Å²) in [6.07, 6.45) is 59.3. The van der Waals surface area contributed by atoms with Gasteiger partial charge in [-0.05, 0) is 44.9 Å². The van der Waals surface area contributed by atoms with Crippen molar-refractivity contribution in [3.8, 4) is 0 Å². The monoisotopic (exact) mass is 881 g/mol. The van der Waals surface area contributed by atoms with Crippen molar-refractivity contribution >= 4 is 13.7 Å². The van der Waals surface area contributed by atoms with Crippen molar-refractivity contribution in [3.63, 3.8) is 0 Å². The van der Waals surface area contributed by atoms with E-state index in [1.165, 1.54) is 193 Å².